The molecule has 0 bridgehead atoms. The van der Waals surface area contributed by atoms with E-state index in [1.165, 1.54) is 38.5 Å². The number of unbranched alkanes of at least 4 members (excludes halogenated alkanes) is 5. The minimum atomic E-state index is -1.79. The second kappa shape index (κ2) is 9.79. The highest BCUT2D eigenvalue weighted by Gasteiger charge is 2.31. The number of hydrogen-bond acceptors (Lipinski definition) is 2. The summed E-state index contributed by atoms with van der Waals surface area (Å²) in [5.74, 6) is 1.02. The molecule has 142 valence electrons. The molecule has 0 aliphatic rings. The predicted octanol–water partition coefficient (Wildman–Crippen LogP) is 7.11. The van der Waals surface area contributed by atoms with E-state index in [0.717, 1.165) is 11.8 Å². The summed E-state index contributed by atoms with van der Waals surface area (Å²) < 4.78 is 6.48. The van der Waals surface area contributed by atoms with Gasteiger partial charge in [-0.05, 0) is 19.1 Å². The van der Waals surface area contributed by atoms with Crippen molar-refractivity contribution in [2.45, 2.75) is 106 Å². The van der Waals surface area contributed by atoms with Crippen molar-refractivity contribution < 1.29 is 9.22 Å². The zero-order chi connectivity index (χ0) is 19.0. The summed E-state index contributed by atoms with van der Waals surface area (Å²) in [5, 5.41) is 0. The highest BCUT2D eigenvalue weighted by atomic mass is 28.4. The van der Waals surface area contributed by atoms with Crippen molar-refractivity contribution in [3.8, 4) is 0 Å². The van der Waals surface area contributed by atoms with Crippen LogP contribution in [0.2, 0.25) is 19.1 Å². The number of ketones is 1. The van der Waals surface area contributed by atoms with Crippen molar-refractivity contribution in [2.24, 2.45) is 10.8 Å². The number of rotatable bonds is 10. The van der Waals surface area contributed by atoms with Crippen LogP contribution in [0.15, 0.2) is 11.8 Å². The van der Waals surface area contributed by atoms with Gasteiger partial charge in [-0.2, -0.15) is 0 Å². The van der Waals surface area contributed by atoms with E-state index < -0.39 is 8.32 Å². The molecule has 0 aromatic carbocycles. The summed E-state index contributed by atoms with van der Waals surface area (Å²) >= 11 is 0. The van der Waals surface area contributed by atoms with Gasteiger partial charge < -0.3 is 4.43 Å². The standard InChI is InChI=1S/C21H42O2Si/c1-10-11-12-13-14-15-16-24(8,9)23-19(21(5,6)7)17-18(22)20(2,3)4/h17H,10-16H2,1-9H3. The molecule has 0 atom stereocenters. The number of carbonyl (C=O) groups is 1. The molecule has 0 N–H and O–H groups in total. The first-order valence-corrected chi connectivity index (χ1v) is 12.9. The second-order valence-corrected chi connectivity index (χ2v) is 14.0. The van der Waals surface area contributed by atoms with E-state index in [-0.39, 0.29) is 16.6 Å². The fourth-order valence-corrected chi connectivity index (χ4v) is 4.58. The van der Waals surface area contributed by atoms with Gasteiger partial charge in [-0.15, -0.1) is 0 Å². The molecule has 0 heterocycles. The van der Waals surface area contributed by atoms with Gasteiger partial charge in [0, 0.05) is 16.9 Å². The quantitative estimate of drug-likeness (QED) is 0.181. The van der Waals surface area contributed by atoms with Gasteiger partial charge in [0.2, 0.25) is 8.32 Å². The monoisotopic (exact) mass is 354 g/mol. The van der Waals surface area contributed by atoms with Crippen LogP contribution < -0.4 is 0 Å². The fourth-order valence-electron chi connectivity index (χ4n) is 2.41. The van der Waals surface area contributed by atoms with Gasteiger partial charge in [-0.3, -0.25) is 4.79 Å². The Hall–Kier alpha value is -0.573. The molecular formula is C21H42O2Si. The van der Waals surface area contributed by atoms with Gasteiger partial charge in [0.25, 0.3) is 0 Å². The van der Waals surface area contributed by atoms with Crippen molar-refractivity contribution in [1.29, 1.82) is 0 Å². The summed E-state index contributed by atoms with van der Waals surface area (Å²) in [7, 11) is -1.79. The van der Waals surface area contributed by atoms with E-state index in [0.29, 0.717) is 0 Å². The van der Waals surface area contributed by atoms with Crippen LogP contribution in [0.3, 0.4) is 0 Å². The molecule has 0 unspecified atom stereocenters. The molecule has 0 spiro atoms. The van der Waals surface area contributed by atoms with Gasteiger partial charge in [0.1, 0.15) is 0 Å². The predicted molar refractivity (Wildman–Crippen MR) is 109 cm³/mol. The highest BCUT2D eigenvalue weighted by molar-refractivity contribution is 6.71. The first kappa shape index (κ1) is 23.4. The Labute approximate surface area is 152 Å². The summed E-state index contributed by atoms with van der Waals surface area (Å²) in [5.41, 5.74) is -0.489. The maximum atomic E-state index is 12.4. The average Bonchev–Trinajstić information content (AvgIpc) is 2.39. The van der Waals surface area contributed by atoms with Crippen molar-refractivity contribution in [3.63, 3.8) is 0 Å². The van der Waals surface area contributed by atoms with Crippen molar-refractivity contribution in [3.05, 3.63) is 11.8 Å². The van der Waals surface area contributed by atoms with Crippen molar-refractivity contribution >= 4 is 14.1 Å². The van der Waals surface area contributed by atoms with Crippen LogP contribution in [0.5, 0.6) is 0 Å². The molecule has 0 aromatic heterocycles. The third kappa shape index (κ3) is 10.3. The Bertz CT molecular complexity index is 409. The maximum absolute atomic E-state index is 12.4. The molecule has 0 saturated heterocycles. The van der Waals surface area contributed by atoms with Crippen LogP contribution in [-0.4, -0.2) is 14.1 Å². The van der Waals surface area contributed by atoms with Gasteiger partial charge in [-0.1, -0.05) is 87.0 Å². The molecule has 0 saturated carbocycles. The maximum Gasteiger partial charge on any atom is 0.244 e. The third-order valence-corrected chi connectivity index (χ3v) is 6.59. The van der Waals surface area contributed by atoms with Crippen LogP contribution in [-0.2, 0) is 9.22 Å². The topological polar surface area (TPSA) is 26.3 Å². The Morgan fingerprint density at radius 2 is 1.38 bits per heavy atom. The number of hydrogen-bond donors (Lipinski definition) is 0. The minimum Gasteiger partial charge on any atom is -0.546 e. The van der Waals surface area contributed by atoms with Crippen molar-refractivity contribution in [1.82, 2.24) is 0 Å². The SMILES string of the molecule is CCCCCCCC[Si](C)(C)OC(=CC(=O)C(C)(C)C)C(C)(C)C. The molecule has 2 nitrogen and oxygen atoms in total. The molecule has 0 aliphatic heterocycles. The van der Waals surface area contributed by atoms with E-state index in [2.05, 4.69) is 40.8 Å². The van der Waals surface area contributed by atoms with Crippen LogP contribution in [0.25, 0.3) is 0 Å². The lowest BCUT2D eigenvalue weighted by Crippen LogP contribution is -2.33. The summed E-state index contributed by atoms with van der Waals surface area (Å²) in [6.45, 7) is 19.1. The van der Waals surface area contributed by atoms with Crippen LogP contribution in [0.1, 0.15) is 87.0 Å². The van der Waals surface area contributed by atoms with E-state index in [1.807, 2.05) is 20.8 Å². The zero-order valence-corrected chi connectivity index (χ0v) is 18.8. The smallest absolute Gasteiger partial charge is 0.244 e. The number of carbonyl (C=O) groups excluding carboxylic acids is 1. The Kier molecular flexibility index (Phi) is 9.56. The van der Waals surface area contributed by atoms with Gasteiger partial charge in [0.05, 0.1) is 5.76 Å². The molecule has 0 rings (SSSR count). The molecule has 3 heteroatoms. The summed E-state index contributed by atoms with van der Waals surface area (Å²) in [4.78, 5) is 12.4. The normalized spacial score (nSPS) is 14.0. The number of allylic oxidation sites excluding steroid dienone is 2. The molecule has 0 radical (unpaired) electrons. The zero-order valence-electron chi connectivity index (χ0n) is 17.8. The highest BCUT2D eigenvalue weighted by Crippen LogP contribution is 2.32. The van der Waals surface area contributed by atoms with Crippen LogP contribution >= 0.6 is 0 Å². The van der Waals surface area contributed by atoms with E-state index in [4.69, 9.17) is 4.43 Å². The molecule has 0 fully saturated rings. The first-order chi connectivity index (χ1) is 10.8. The lowest BCUT2D eigenvalue weighted by Gasteiger charge is -2.33. The summed E-state index contributed by atoms with van der Waals surface area (Å²) in [6.07, 6.45) is 9.64. The van der Waals surface area contributed by atoms with E-state index in [1.54, 1.807) is 6.08 Å². The molecule has 0 aliphatic carbocycles. The third-order valence-electron chi connectivity index (χ3n) is 4.26. The molecule has 24 heavy (non-hydrogen) atoms. The molecule has 0 aromatic rings. The molecule has 0 amide bonds. The lowest BCUT2D eigenvalue weighted by atomic mass is 9.87. The van der Waals surface area contributed by atoms with Gasteiger partial charge in [-0.25, -0.2) is 0 Å². The summed E-state index contributed by atoms with van der Waals surface area (Å²) in [6, 6.07) is 1.16. The minimum absolute atomic E-state index is 0.133. The van der Waals surface area contributed by atoms with Crippen LogP contribution in [0, 0.1) is 10.8 Å². The molecular weight excluding hydrogens is 312 g/mol. The lowest BCUT2D eigenvalue weighted by molar-refractivity contribution is -0.121. The average molecular weight is 355 g/mol. The second-order valence-electron chi connectivity index (χ2n) is 9.75. The first-order valence-electron chi connectivity index (χ1n) is 9.75. The Balaban J connectivity index is 4.78. The van der Waals surface area contributed by atoms with E-state index in [9.17, 15) is 4.79 Å². The Morgan fingerprint density at radius 1 is 0.875 bits per heavy atom. The van der Waals surface area contributed by atoms with Gasteiger partial charge >= 0.3 is 0 Å². The largest absolute Gasteiger partial charge is 0.546 e. The fraction of sp³-hybridized carbons (Fsp3) is 0.857. The van der Waals surface area contributed by atoms with Gasteiger partial charge in [0.15, 0.2) is 5.78 Å². The Morgan fingerprint density at radius 3 is 1.83 bits per heavy atom. The van der Waals surface area contributed by atoms with Crippen molar-refractivity contribution in [2.75, 3.05) is 0 Å². The van der Waals surface area contributed by atoms with Crippen LogP contribution in [0.4, 0.5) is 0 Å². The van der Waals surface area contributed by atoms with E-state index >= 15 is 0 Å².